The van der Waals surface area contributed by atoms with E-state index in [1.165, 1.54) is 220 Å². The molecule has 0 aromatic heterocycles. The molecule has 0 heterocycles. The molecule has 2 atom stereocenters. The number of halogens is 2. The van der Waals surface area contributed by atoms with Crippen molar-refractivity contribution in [3.05, 3.63) is 550 Å². The first-order valence-corrected chi connectivity index (χ1v) is 42.2. The summed E-state index contributed by atoms with van der Waals surface area (Å²) in [4.78, 5) is 0. The van der Waals surface area contributed by atoms with Crippen LogP contribution in [-0.2, 0) is 48.5 Å². The molecule has 118 heavy (non-hydrogen) atoms. The molecule has 0 N–H and O–H groups in total. The Hall–Kier alpha value is -11.7. The van der Waals surface area contributed by atoms with Gasteiger partial charge in [0.15, 0.2) is 0 Å². The number of fused-ring (bicyclic) bond motifs is 6. The average molecular weight is 1710 g/mol. The van der Waals surface area contributed by atoms with Gasteiger partial charge < -0.3 is 24.8 Å². The summed E-state index contributed by atoms with van der Waals surface area (Å²) in [6.07, 6.45) is 7.73. The third-order valence-corrected chi connectivity index (χ3v) is 24.0. The van der Waals surface area contributed by atoms with Gasteiger partial charge in [0.1, 0.15) is 0 Å². The predicted octanol–water partition coefficient (Wildman–Crippen LogP) is 22.8. The first-order valence-electron chi connectivity index (χ1n) is 39.8. The van der Waals surface area contributed by atoms with E-state index in [1.807, 2.05) is 0 Å². The molecule has 0 fully saturated rings. The van der Waals surface area contributed by atoms with Gasteiger partial charge in [-0.05, 0) is 61.8 Å². The Morgan fingerprint density at radius 1 is 0.229 bits per heavy atom. The predicted molar refractivity (Wildman–Crippen MR) is 489 cm³/mol. The van der Waals surface area contributed by atoms with E-state index >= 15 is 0 Å². The quantitative estimate of drug-likeness (QED) is 0.107. The molecule has 0 spiro atoms. The van der Waals surface area contributed by atoms with Crippen LogP contribution < -0.4 is 24.8 Å². The number of hydrogen-bond donors (Lipinski definition) is 0. The molecule has 20 rings (SSSR count). The maximum absolute atomic E-state index is 3.86. The Balaban J connectivity index is 0.000000126. The molecule has 0 radical (unpaired) electrons. The molecule has 2 aliphatic rings. The molecule has 0 nitrogen and oxygen atoms in total. The molecule has 0 saturated carbocycles. The van der Waals surface area contributed by atoms with Crippen LogP contribution in [0.15, 0.2) is 449 Å². The molecule has 568 valence electrons. The molecule has 2 aliphatic carbocycles. The van der Waals surface area contributed by atoms with Crippen molar-refractivity contribution in [2.45, 2.75) is 39.5 Å². The Morgan fingerprint density at radius 3 is 0.653 bits per heavy atom. The van der Waals surface area contributed by atoms with E-state index in [1.54, 1.807) is 0 Å². The van der Waals surface area contributed by atoms with Crippen molar-refractivity contribution < 1.29 is 73.3 Å². The van der Waals surface area contributed by atoms with Crippen molar-refractivity contribution in [3.8, 4) is 0 Å². The van der Waals surface area contributed by atoms with E-state index < -0.39 is 0 Å². The number of hydrogen-bond acceptors (Lipinski definition) is 0. The Morgan fingerprint density at radius 2 is 0.424 bits per heavy atom. The minimum atomic E-state index is 0. The first-order chi connectivity index (χ1) is 57.1. The van der Waals surface area contributed by atoms with Gasteiger partial charge in [0.05, 0.1) is 0 Å². The van der Waals surface area contributed by atoms with Gasteiger partial charge >= 0.3 is 198 Å². The van der Waals surface area contributed by atoms with E-state index in [2.05, 4.69) is 489 Å². The van der Waals surface area contributed by atoms with Gasteiger partial charge in [0, 0.05) is 0 Å². The molecule has 18 aromatic rings. The first kappa shape index (κ1) is 84.2. The zero-order valence-corrected chi connectivity index (χ0v) is 73.1. The van der Waals surface area contributed by atoms with Gasteiger partial charge in [-0.3, -0.25) is 0 Å². The van der Waals surface area contributed by atoms with Crippen molar-refractivity contribution in [1.82, 2.24) is 0 Å². The third-order valence-electron chi connectivity index (χ3n) is 21.2. The maximum atomic E-state index is 3.86. The summed E-state index contributed by atoms with van der Waals surface area (Å²) >= 11 is 2.92. The summed E-state index contributed by atoms with van der Waals surface area (Å²) < 4.78 is 2.83. The fraction of sp³-hybridized carbons (Fsp3) is 0.0526. The summed E-state index contributed by atoms with van der Waals surface area (Å²) in [6.45, 7) is 8.56. The third kappa shape index (κ3) is 20.6. The fourth-order valence-electron chi connectivity index (χ4n) is 15.5. The van der Waals surface area contributed by atoms with Crippen molar-refractivity contribution in [1.29, 1.82) is 0 Å². The molecule has 2 unspecified atom stereocenters. The second-order valence-electron chi connectivity index (χ2n) is 29.4. The molecule has 0 amide bonds. The molecular weight excluding hydrogens is 1620 g/mol. The van der Waals surface area contributed by atoms with Gasteiger partial charge in [-0.15, -0.1) is 126 Å². The van der Waals surface area contributed by atoms with Crippen molar-refractivity contribution in [2.24, 2.45) is 0 Å². The van der Waals surface area contributed by atoms with Crippen LogP contribution in [0.4, 0.5) is 0 Å². The topological polar surface area (TPSA) is 0 Å². The monoisotopic (exact) mass is 1710 g/mol. The van der Waals surface area contributed by atoms with Crippen molar-refractivity contribution in [2.75, 3.05) is 0 Å². The zero-order valence-electron chi connectivity index (χ0n) is 66.6. The average Bonchev–Trinajstić information content (AvgIpc) is 1.61. The Kier molecular flexibility index (Phi) is 29.6. The molecule has 0 aliphatic heterocycles. The van der Waals surface area contributed by atoms with Crippen LogP contribution in [0, 0.1) is 39.8 Å². The van der Waals surface area contributed by atoms with Gasteiger partial charge in [0.2, 0.25) is 0 Å². The van der Waals surface area contributed by atoms with Crippen LogP contribution in [0.2, 0.25) is 0 Å². The van der Waals surface area contributed by atoms with Crippen LogP contribution in [0.1, 0.15) is 101 Å². The summed E-state index contributed by atoms with van der Waals surface area (Å²) in [7, 11) is 0. The number of benzene rings is 16. The van der Waals surface area contributed by atoms with Crippen molar-refractivity contribution in [3.63, 3.8) is 0 Å². The molecule has 0 saturated heterocycles. The number of rotatable bonds is 12. The number of aryl methyl sites for hydroxylation is 4. The van der Waals surface area contributed by atoms with Crippen LogP contribution >= 0.6 is 0 Å². The van der Waals surface area contributed by atoms with Crippen LogP contribution in [-0.4, -0.2) is 6.41 Å². The van der Waals surface area contributed by atoms with Crippen LogP contribution in [0.3, 0.4) is 0 Å². The van der Waals surface area contributed by atoms with Crippen molar-refractivity contribution >= 4 is 82.9 Å². The van der Waals surface area contributed by atoms with Crippen LogP contribution in [0.5, 0.6) is 0 Å². The molecule has 18 aromatic carbocycles. The Bertz CT molecular complexity index is 5840. The van der Waals surface area contributed by atoms with E-state index in [0.29, 0.717) is 0 Å². The van der Waals surface area contributed by atoms with Gasteiger partial charge in [-0.2, -0.15) is 23.3 Å². The summed E-state index contributed by atoms with van der Waals surface area (Å²) in [6, 6.07) is 159. The number of allylic oxidation sites excluding steroid dienone is 8. The van der Waals surface area contributed by atoms with Gasteiger partial charge in [-0.25, -0.2) is 0 Å². The van der Waals surface area contributed by atoms with E-state index in [4.69, 9.17) is 0 Å². The van der Waals surface area contributed by atoms with Gasteiger partial charge in [0.25, 0.3) is 0 Å². The standard InChI is InChI=1S/2C29H21.2C15H13.2C13H10.2ClH.2Zr/c2*1-5-13-22(14-6-1)26-21-27(23-15-7-2-8-16-23)29(25-19-11-4-12-20-25)28(26)24-17-9-3-10-18-24;2*1-10-3-5-14-12(7-10)9-13-8-11(2)4-6-15(13)14;2*1-3-7-12(8-4-1)11-13-9-5-2-6-10-13;;;;/h2*1-20,26H;2*3-9H,1-2H3;2*1-10H;2*1H;;/q4*-1;;;;;2*+2/p-2. The molecular formula is C114H88Cl2Zr2-2. The second kappa shape index (κ2) is 41.4. The fourth-order valence-corrected chi connectivity index (χ4v) is 17.2. The summed E-state index contributed by atoms with van der Waals surface area (Å²) in [5.41, 5.74) is 28.1. The normalized spacial score (nSPS) is 13.1. The van der Waals surface area contributed by atoms with E-state index in [-0.39, 0.29) is 36.6 Å². The van der Waals surface area contributed by atoms with Crippen LogP contribution in [0.25, 0.3) is 76.5 Å². The SMILES string of the molecule is Cc1ccc2c(c1)[cH-]c1cc(C)ccc12.Cc1ccc2c(c1)[cH-]c1cc(C)ccc12.[C-]1=C(c2ccccc2)C(c2ccccc2)=C(c2ccccc2)C1c1ccccc1.[C-]1=C(c2ccccc2)C(c2ccccc2)=C(c2ccccc2)C1c1ccccc1.[Cl-].[Cl-].[Zr+2]=[C](c1ccccc1)c1ccccc1.[Zr+2]=[C](c1ccccc1)c1ccccc1. The molecule has 0 bridgehead atoms. The summed E-state index contributed by atoms with van der Waals surface area (Å²) in [5, 5.41) is 10.9. The second-order valence-corrected chi connectivity index (χ2v) is 31.8. The zero-order chi connectivity index (χ0) is 79.4. The molecule has 4 heteroatoms. The minimum absolute atomic E-state index is 0. The Labute approximate surface area is 738 Å². The van der Waals surface area contributed by atoms with E-state index in [9.17, 15) is 0 Å². The summed E-state index contributed by atoms with van der Waals surface area (Å²) in [5.74, 6) is 0.202. The van der Waals surface area contributed by atoms with E-state index in [0.717, 1.165) is 0 Å². The van der Waals surface area contributed by atoms with Gasteiger partial charge in [-0.1, -0.05) is 311 Å².